The maximum Gasteiger partial charge on any atom is 0.338 e. The van der Waals surface area contributed by atoms with Crippen LogP contribution in [0.1, 0.15) is 56.3 Å². The van der Waals surface area contributed by atoms with Crippen molar-refractivity contribution >= 4 is 57.7 Å². The number of benzene rings is 3. The number of carbonyl (C=O) groups excluding carboxylic acids is 2. The standard InChI is InChI=1S/C29H25Cl3N6O3/c1-4-41-29(40)18-7-5-17(6-8-18)21(27-35-24-10-19(30)9-15(2)26(24)36-27)13-33-28(39)25-22(31)11-20(12-23(25)32)38-14-34-16(3)37-38/h5-12,14,21H,4,13H2,1-3H3,(H,33,39)(H,35,36)/t21-/m0/s1. The smallest absolute Gasteiger partial charge is 0.338 e. The van der Waals surface area contributed by atoms with Gasteiger partial charge in [0.15, 0.2) is 0 Å². The normalized spacial score (nSPS) is 12.0. The highest BCUT2D eigenvalue weighted by atomic mass is 35.5. The monoisotopic (exact) mass is 610 g/mol. The molecule has 5 aromatic rings. The average Bonchev–Trinajstić information content (AvgIpc) is 3.55. The number of imidazole rings is 1. The molecule has 0 aliphatic rings. The summed E-state index contributed by atoms with van der Waals surface area (Å²) in [6.07, 6.45) is 1.54. The molecular formula is C29H25Cl3N6O3. The molecule has 0 saturated carbocycles. The van der Waals surface area contributed by atoms with Crippen LogP contribution in [0, 0.1) is 13.8 Å². The minimum Gasteiger partial charge on any atom is -0.462 e. The van der Waals surface area contributed by atoms with Crippen LogP contribution in [0.4, 0.5) is 0 Å². The first-order valence-corrected chi connectivity index (χ1v) is 13.9. The number of halogens is 3. The Kier molecular flexibility index (Phi) is 8.30. The highest BCUT2D eigenvalue weighted by Gasteiger charge is 2.23. The highest BCUT2D eigenvalue weighted by molar-refractivity contribution is 6.40. The number of aromatic nitrogens is 5. The van der Waals surface area contributed by atoms with E-state index in [0.29, 0.717) is 27.9 Å². The van der Waals surface area contributed by atoms with Crippen molar-refractivity contribution in [1.29, 1.82) is 0 Å². The Morgan fingerprint density at radius 2 is 1.76 bits per heavy atom. The van der Waals surface area contributed by atoms with E-state index in [1.54, 1.807) is 44.2 Å². The number of hydrogen-bond donors (Lipinski definition) is 2. The molecule has 2 N–H and O–H groups in total. The van der Waals surface area contributed by atoms with Crippen LogP contribution < -0.4 is 5.32 Å². The first-order chi connectivity index (χ1) is 19.6. The van der Waals surface area contributed by atoms with E-state index in [9.17, 15) is 9.59 Å². The molecular weight excluding hydrogens is 587 g/mol. The average molecular weight is 612 g/mol. The lowest BCUT2D eigenvalue weighted by molar-refractivity contribution is 0.0526. The molecule has 0 unspecified atom stereocenters. The van der Waals surface area contributed by atoms with Gasteiger partial charge in [-0.15, -0.1) is 0 Å². The van der Waals surface area contributed by atoms with Crippen LogP contribution >= 0.6 is 34.8 Å². The number of fused-ring (bicyclic) bond motifs is 1. The van der Waals surface area contributed by atoms with E-state index in [4.69, 9.17) is 44.5 Å². The van der Waals surface area contributed by atoms with Crippen molar-refractivity contribution in [3.8, 4) is 5.69 Å². The molecule has 5 rings (SSSR count). The summed E-state index contributed by atoms with van der Waals surface area (Å²) >= 11 is 19.3. The summed E-state index contributed by atoms with van der Waals surface area (Å²) in [5.41, 5.74) is 4.41. The third kappa shape index (κ3) is 6.07. The maximum atomic E-state index is 13.4. The van der Waals surface area contributed by atoms with Crippen LogP contribution in [-0.4, -0.2) is 49.8 Å². The van der Waals surface area contributed by atoms with Crippen LogP contribution in [0.25, 0.3) is 16.7 Å². The summed E-state index contributed by atoms with van der Waals surface area (Å²) in [6.45, 7) is 5.88. The lowest BCUT2D eigenvalue weighted by atomic mass is 9.96. The number of esters is 1. The second-order valence-corrected chi connectivity index (χ2v) is 10.6. The van der Waals surface area contributed by atoms with E-state index in [1.165, 1.54) is 11.0 Å². The van der Waals surface area contributed by atoms with E-state index >= 15 is 0 Å². The van der Waals surface area contributed by atoms with E-state index in [-0.39, 0.29) is 28.8 Å². The molecule has 0 bridgehead atoms. The zero-order valence-corrected chi connectivity index (χ0v) is 24.6. The minimum absolute atomic E-state index is 0.137. The summed E-state index contributed by atoms with van der Waals surface area (Å²) in [7, 11) is 0. The van der Waals surface area contributed by atoms with Crippen molar-refractivity contribution in [2.45, 2.75) is 26.7 Å². The Labute approximate surface area is 250 Å². The number of nitrogens with one attached hydrogen (secondary N) is 2. The number of aromatic amines is 1. The number of carbonyl (C=O) groups is 2. The quantitative estimate of drug-likeness (QED) is 0.195. The van der Waals surface area contributed by atoms with Crippen molar-refractivity contribution in [2.24, 2.45) is 0 Å². The fraction of sp³-hybridized carbons (Fsp3) is 0.207. The van der Waals surface area contributed by atoms with Gasteiger partial charge in [0.25, 0.3) is 5.91 Å². The molecule has 1 atom stereocenters. The Morgan fingerprint density at radius 3 is 2.39 bits per heavy atom. The van der Waals surface area contributed by atoms with Crippen LogP contribution in [0.2, 0.25) is 15.1 Å². The highest BCUT2D eigenvalue weighted by Crippen LogP contribution is 2.30. The third-order valence-electron chi connectivity index (χ3n) is 6.51. The Morgan fingerprint density at radius 1 is 1.05 bits per heavy atom. The summed E-state index contributed by atoms with van der Waals surface area (Å²) in [6, 6.07) is 13.8. The molecule has 0 spiro atoms. The van der Waals surface area contributed by atoms with Gasteiger partial charge in [0, 0.05) is 11.6 Å². The molecule has 0 aliphatic carbocycles. The van der Waals surface area contributed by atoms with Gasteiger partial charge in [-0.25, -0.2) is 19.4 Å². The van der Waals surface area contributed by atoms with Gasteiger partial charge in [-0.3, -0.25) is 4.79 Å². The van der Waals surface area contributed by atoms with Crippen molar-refractivity contribution in [2.75, 3.05) is 13.2 Å². The molecule has 210 valence electrons. The molecule has 41 heavy (non-hydrogen) atoms. The first-order valence-electron chi connectivity index (χ1n) is 12.7. The van der Waals surface area contributed by atoms with Gasteiger partial charge in [0.2, 0.25) is 0 Å². The molecule has 12 heteroatoms. The van der Waals surface area contributed by atoms with Crippen molar-refractivity contribution < 1.29 is 14.3 Å². The lowest BCUT2D eigenvalue weighted by Gasteiger charge is -2.18. The Bertz CT molecular complexity index is 1740. The summed E-state index contributed by atoms with van der Waals surface area (Å²) in [5.74, 6) is -0.0701. The topological polar surface area (TPSA) is 115 Å². The molecule has 3 aromatic carbocycles. The van der Waals surface area contributed by atoms with Crippen molar-refractivity contribution in [3.63, 3.8) is 0 Å². The van der Waals surface area contributed by atoms with E-state index < -0.39 is 17.8 Å². The van der Waals surface area contributed by atoms with Gasteiger partial charge in [-0.05, 0) is 68.3 Å². The van der Waals surface area contributed by atoms with Crippen LogP contribution in [0.3, 0.4) is 0 Å². The van der Waals surface area contributed by atoms with Crippen LogP contribution in [-0.2, 0) is 4.74 Å². The molecule has 1 amide bonds. The van der Waals surface area contributed by atoms with Gasteiger partial charge < -0.3 is 15.0 Å². The van der Waals surface area contributed by atoms with Crippen molar-refractivity contribution in [3.05, 3.63) is 104 Å². The largest absolute Gasteiger partial charge is 0.462 e. The van der Waals surface area contributed by atoms with Gasteiger partial charge >= 0.3 is 5.97 Å². The summed E-state index contributed by atoms with van der Waals surface area (Å²) in [5, 5.41) is 8.13. The second-order valence-electron chi connectivity index (χ2n) is 9.37. The zero-order chi connectivity index (χ0) is 29.3. The van der Waals surface area contributed by atoms with Crippen molar-refractivity contribution in [1.82, 2.24) is 30.0 Å². The Balaban J connectivity index is 1.45. The van der Waals surface area contributed by atoms with E-state index in [1.807, 2.05) is 25.1 Å². The molecule has 0 saturated heterocycles. The number of rotatable bonds is 8. The SMILES string of the molecule is CCOC(=O)c1ccc([C@H](CNC(=O)c2c(Cl)cc(-n3cnc(C)n3)cc2Cl)c2nc3c(C)cc(Cl)cc3[nH]2)cc1. The van der Waals surface area contributed by atoms with Crippen LogP contribution in [0.5, 0.6) is 0 Å². The number of nitrogens with zero attached hydrogens (tertiary/aromatic N) is 4. The minimum atomic E-state index is -0.454. The number of hydrogen-bond acceptors (Lipinski definition) is 6. The third-order valence-corrected chi connectivity index (χ3v) is 7.32. The van der Waals surface area contributed by atoms with Gasteiger partial charge in [-0.1, -0.05) is 46.9 Å². The number of aryl methyl sites for hydroxylation is 2. The van der Waals surface area contributed by atoms with Gasteiger partial charge in [-0.2, -0.15) is 5.10 Å². The fourth-order valence-electron chi connectivity index (χ4n) is 4.53. The second kappa shape index (κ2) is 11.9. The number of H-pyrrole nitrogens is 1. The van der Waals surface area contributed by atoms with Crippen LogP contribution in [0.15, 0.2) is 54.9 Å². The number of amides is 1. The predicted molar refractivity (Wildman–Crippen MR) is 159 cm³/mol. The predicted octanol–water partition coefficient (Wildman–Crippen LogP) is 6.46. The summed E-state index contributed by atoms with van der Waals surface area (Å²) in [4.78, 5) is 37.8. The first kappa shape index (κ1) is 28.6. The molecule has 0 aliphatic heterocycles. The number of ether oxygens (including phenoxy) is 1. The Hall–Kier alpha value is -3.92. The van der Waals surface area contributed by atoms with E-state index in [2.05, 4.69) is 20.4 Å². The molecule has 0 fully saturated rings. The maximum absolute atomic E-state index is 13.4. The summed E-state index contributed by atoms with van der Waals surface area (Å²) < 4.78 is 6.63. The zero-order valence-electron chi connectivity index (χ0n) is 22.3. The molecule has 0 radical (unpaired) electrons. The van der Waals surface area contributed by atoms with Gasteiger partial charge in [0.05, 0.1) is 50.4 Å². The fourth-order valence-corrected chi connectivity index (χ4v) is 5.45. The molecule has 2 aromatic heterocycles. The molecule has 2 heterocycles. The molecule has 9 nitrogen and oxygen atoms in total. The van der Waals surface area contributed by atoms with E-state index in [0.717, 1.165) is 22.2 Å². The van der Waals surface area contributed by atoms with Gasteiger partial charge in [0.1, 0.15) is 18.0 Å². The lowest BCUT2D eigenvalue weighted by Crippen LogP contribution is -2.30.